The van der Waals surface area contributed by atoms with Crippen molar-refractivity contribution in [2.75, 3.05) is 11.4 Å². The van der Waals surface area contributed by atoms with Crippen LogP contribution in [0.1, 0.15) is 25.7 Å². The summed E-state index contributed by atoms with van der Waals surface area (Å²) in [6.45, 7) is 4.07. The van der Waals surface area contributed by atoms with Crippen molar-refractivity contribution in [2.24, 2.45) is 0 Å². The molecule has 0 radical (unpaired) electrons. The molecule has 0 unspecified atom stereocenters. The van der Waals surface area contributed by atoms with E-state index in [9.17, 15) is 9.59 Å². The fraction of sp³-hybridized carbons (Fsp3) is 0.333. The van der Waals surface area contributed by atoms with Gasteiger partial charge in [-0.25, -0.2) is 0 Å². The lowest BCUT2D eigenvalue weighted by Crippen LogP contribution is -2.30. The second kappa shape index (κ2) is 6.18. The summed E-state index contributed by atoms with van der Waals surface area (Å²) in [6.07, 6.45) is 7.26. The zero-order valence-electron chi connectivity index (χ0n) is 10.8. The van der Waals surface area contributed by atoms with Crippen LogP contribution in [0.4, 0.5) is 5.88 Å². The molecule has 1 heterocycles. The Kier molecular flexibility index (Phi) is 4.34. The zero-order chi connectivity index (χ0) is 13.7. The number of nitrogens with zero attached hydrogens (tertiary/aromatic N) is 1. The van der Waals surface area contributed by atoms with E-state index in [2.05, 4.69) is 6.58 Å². The summed E-state index contributed by atoms with van der Waals surface area (Å²) in [5.74, 6) is 0.674. The molecule has 1 aliphatic carbocycles. The Bertz CT molecular complexity index is 499. The van der Waals surface area contributed by atoms with Gasteiger partial charge in [0.05, 0.1) is 6.26 Å². The number of anilines is 1. The Morgan fingerprint density at radius 3 is 2.89 bits per heavy atom. The van der Waals surface area contributed by atoms with Crippen LogP contribution in [0.5, 0.6) is 0 Å². The molecule has 0 saturated heterocycles. The number of carbonyl (C=O) groups is 2. The van der Waals surface area contributed by atoms with E-state index >= 15 is 0 Å². The van der Waals surface area contributed by atoms with Crippen LogP contribution in [-0.2, 0) is 9.59 Å². The third kappa shape index (κ3) is 3.44. The van der Waals surface area contributed by atoms with E-state index in [0.717, 1.165) is 12.0 Å². The van der Waals surface area contributed by atoms with Crippen molar-refractivity contribution < 1.29 is 14.0 Å². The molecule has 4 heteroatoms. The van der Waals surface area contributed by atoms with Gasteiger partial charge in [-0.05, 0) is 25.0 Å². The third-order valence-electron chi connectivity index (χ3n) is 3.10. The number of hydrogen-bond acceptors (Lipinski definition) is 3. The molecule has 0 atom stereocenters. The van der Waals surface area contributed by atoms with Crippen LogP contribution in [0.25, 0.3) is 0 Å². The fourth-order valence-electron chi connectivity index (χ4n) is 2.12. The molecular formula is C15H17NO3. The minimum atomic E-state index is -0.0184. The largest absolute Gasteiger partial charge is 0.448 e. The van der Waals surface area contributed by atoms with Gasteiger partial charge in [0, 0.05) is 25.5 Å². The molecular weight excluding hydrogens is 242 g/mol. The molecule has 0 spiro atoms. The summed E-state index contributed by atoms with van der Waals surface area (Å²) in [4.78, 5) is 24.9. The highest BCUT2D eigenvalue weighted by Gasteiger charge is 2.18. The molecule has 19 heavy (non-hydrogen) atoms. The van der Waals surface area contributed by atoms with Crippen LogP contribution in [-0.4, -0.2) is 18.2 Å². The van der Waals surface area contributed by atoms with Crippen molar-refractivity contribution in [2.45, 2.75) is 25.7 Å². The summed E-state index contributed by atoms with van der Waals surface area (Å²) in [5.41, 5.74) is 1.07. The number of allylic oxidation sites excluding steroid dienone is 2. The van der Waals surface area contributed by atoms with E-state index in [1.54, 1.807) is 29.2 Å². The number of ketones is 1. The minimum absolute atomic E-state index is 0.0184. The lowest BCUT2D eigenvalue weighted by atomic mass is 10.1. The normalized spacial score (nSPS) is 14.3. The average molecular weight is 259 g/mol. The van der Waals surface area contributed by atoms with Gasteiger partial charge < -0.3 is 4.42 Å². The minimum Gasteiger partial charge on any atom is -0.448 e. The number of carbonyl (C=O) groups excluding carboxylic acids is 2. The van der Waals surface area contributed by atoms with Crippen molar-refractivity contribution in [1.82, 2.24) is 0 Å². The first-order valence-electron chi connectivity index (χ1n) is 6.37. The van der Waals surface area contributed by atoms with Crippen LogP contribution in [0.3, 0.4) is 0 Å². The van der Waals surface area contributed by atoms with Crippen LogP contribution < -0.4 is 4.90 Å². The summed E-state index contributed by atoms with van der Waals surface area (Å²) in [7, 11) is 0. The summed E-state index contributed by atoms with van der Waals surface area (Å²) >= 11 is 0. The number of amides is 1. The maximum Gasteiger partial charge on any atom is 0.229 e. The maximum atomic E-state index is 12.2. The van der Waals surface area contributed by atoms with Gasteiger partial charge in [0.2, 0.25) is 11.8 Å². The van der Waals surface area contributed by atoms with E-state index in [4.69, 9.17) is 4.42 Å². The summed E-state index contributed by atoms with van der Waals surface area (Å²) in [5, 5.41) is 0. The standard InChI is InChI=1S/C15H17NO3/c1-2-9-16(15-4-3-10-19-15)14(18)8-6-12-5-7-13(17)11-12/h2-4,10-11H,1,5-9H2. The lowest BCUT2D eigenvalue weighted by Gasteiger charge is -2.18. The first kappa shape index (κ1) is 13.3. The van der Waals surface area contributed by atoms with E-state index < -0.39 is 0 Å². The van der Waals surface area contributed by atoms with Gasteiger partial charge in [-0.15, -0.1) is 6.58 Å². The second-order valence-electron chi connectivity index (χ2n) is 4.51. The van der Waals surface area contributed by atoms with Gasteiger partial charge in [0.25, 0.3) is 0 Å². The Balaban J connectivity index is 1.94. The molecule has 2 rings (SSSR count). The number of hydrogen-bond donors (Lipinski definition) is 0. The molecule has 100 valence electrons. The van der Waals surface area contributed by atoms with Crippen molar-refractivity contribution >= 4 is 17.6 Å². The van der Waals surface area contributed by atoms with E-state index in [0.29, 0.717) is 31.7 Å². The van der Waals surface area contributed by atoms with E-state index in [1.165, 1.54) is 6.26 Å². The molecule has 0 saturated carbocycles. The van der Waals surface area contributed by atoms with Crippen molar-refractivity contribution in [3.05, 3.63) is 42.7 Å². The number of rotatable bonds is 6. The Hall–Kier alpha value is -2.10. The quantitative estimate of drug-likeness (QED) is 0.738. The Morgan fingerprint density at radius 2 is 2.32 bits per heavy atom. The van der Waals surface area contributed by atoms with Crippen LogP contribution in [0.15, 0.2) is 47.1 Å². The van der Waals surface area contributed by atoms with Crippen LogP contribution in [0, 0.1) is 0 Å². The van der Waals surface area contributed by atoms with Crippen molar-refractivity contribution in [3.63, 3.8) is 0 Å². The molecule has 1 aromatic heterocycles. The summed E-state index contributed by atoms with van der Waals surface area (Å²) < 4.78 is 5.25. The maximum absolute atomic E-state index is 12.2. The molecule has 1 amide bonds. The smallest absolute Gasteiger partial charge is 0.229 e. The second-order valence-corrected chi connectivity index (χ2v) is 4.51. The highest BCUT2D eigenvalue weighted by molar-refractivity contribution is 5.94. The predicted molar refractivity (Wildman–Crippen MR) is 72.8 cm³/mol. The monoisotopic (exact) mass is 259 g/mol. The average Bonchev–Trinajstić information content (AvgIpc) is 3.04. The molecule has 0 fully saturated rings. The SMILES string of the molecule is C=CCN(C(=O)CCC1=CC(=O)CC1)c1ccco1. The molecule has 1 aliphatic rings. The van der Waals surface area contributed by atoms with Crippen LogP contribution >= 0.6 is 0 Å². The molecule has 0 aliphatic heterocycles. The number of furan rings is 1. The van der Waals surface area contributed by atoms with Gasteiger partial charge in [-0.2, -0.15) is 0 Å². The van der Waals surface area contributed by atoms with Gasteiger partial charge in [-0.1, -0.05) is 11.6 Å². The predicted octanol–water partition coefficient (Wildman–Crippen LogP) is 2.87. The van der Waals surface area contributed by atoms with Gasteiger partial charge in [0.15, 0.2) is 5.78 Å². The van der Waals surface area contributed by atoms with E-state index in [1.807, 2.05) is 0 Å². The molecule has 0 aromatic carbocycles. The van der Waals surface area contributed by atoms with Gasteiger partial charge >= 0.3 is 0 Å². The Labute approximate surface area is 112 Å². The first-order valence-corrected chi connectivity index (χ1v) is 6.37. The van der Waals surface area contributed by atoms with Crippen molar-refractivity contribution in [1.29, 1.82) is 0 Å². The van der Waals surface area contributed by atoms with E-state index in [-0.39, 0.29) is 11.7 Å². The van der Waals surface area contributed by atoms with Gasteiger partial charge in [0.1, 0.15) is 0 Å². The molecule has 1 aromatic rings. The van der Waals surface area contributed by atoms with Crippen molar-refractivity contribution in [3.8, 4) is 0 Å². The summed E-state index contributed by atoms with van der Waals surface area (Å²) in [6, 6.07) is 3.50. The third-order valence-corrected chi connectivity index (χ3v) is 3.10. The lowest BCUT2D eigenvalue weighted by molar-refractivity contribution is -0.118. The molecule has 0 N–H and O–H groups in total. The fourth-order valence-corrected chi connectivity index (χ4v) is 2.12. The molecule has 0 bridgehead atoms. The highest BCUT2D eigenvalue weighted by Crippen LogP contribution is 2.22. The molecule has 4 nitrogen and oxygen atoms in total. The first-order chi connectivity index (χ1) is 9.20. The Morgan fingerprint density at radius 1 is 1.47 bits per heavy atom. The van der Waals surface area contributed by atoms with Gasteiger partial charge in [-0.3, -0.25) is 14.5 Å². The highest BCUT2D eigenvalue weighted by atomic mass is 16.3. The zero-order valence-corrected chi connectivity index (χ0v) is 10.8. The topological polar surface area (TPSA) is 50.5 Å². The van der Waals surface area contributed by atoms with Crippen LogP contribution in [0.2, 0.25) is 0 Å².